The number of anilines is 2. The van der Waals surface area contributed by atoms with Gasteiger partial charge in [-0.2, -0.15) is 0 Å². The van der Waals surface area contributed by atoms with E-state index in [4.69, 9.17) is 0 Å². The van der Waals surface area contributed by atoms with Crippen LogP contribution in [-0.2, 0) is 14.8 Å². The number of halogens is 1. The van der Waals surface area contributed by atoms with E-state index in [-0.39, 0.29) is 4.90 Å². The monoisotopic (exact) mass is 364 g/mol. The van der Waals surface area contributed by atoms with Gasteiger partial charge in [-0.1, -0.05) is 17.7 Å². The predicted octanol–water partition coefficient (Wildman–Crippen LogP) is 3.73. The Bertz CT molecular complexity index is 845. The third kappa shape index (κ3) is 4.79. The Labute approximate surface area is 147 Å². The van der Waals surface area contributed by atoms with Crippen LogP contribution < -0.4 is 10.0 Å². The van der Waals surface area contributed by atoms with Crippen LogP contribution in [0.2, 0.25) is 0 Å². The SMILES string of the molecule is Cc1ccc(S(=O)(=O)Nc2ccc(NC(=O)C(C)(C)CF)cc2)cc1. The lowest BCUT2D eigenvalue weighted by Crippen LogP contribution is -2.32. The zero-order chi connectivity index (χ0) is 18.7. The van der Waals surface area contributed by atoms with Crippen LogP contribution in [0, 0.1) is 12.3 Å². The number of aryl methyl sites for hydroxylation is 1. The highest BCUT2D eigenvalue weighted by Gasteiger charge is 2.27. The lowest BCUT2D eigenvalue weighted by atomic mass is 9.94. The molecule has 0 aliphatic rings. The van der Waals surface area contributed by atoms with Crippen LogP contribution >= 0.6 is 0 Å². The molecule has 2 aromatic carbocycles. The van der Waals surface area contributed by atoms with Crippen molar-refractivity contribution in [3.8, 4) is 0 Å². The first-order valence-corrected chi connectivity index (χ1v) is 9.19. The maximum absolute atomic E-state index is 12.8. The second-order valence-electron chi connectivity index (χ2n) is 6.47. The van der Waals surface area contributed by atoms with Crippen LogP contribution in [0.5, 0.6) is 0 Å². The molecule has 0 unspecified atom stereocenters. The molecule has 0 atom stereocenters. The highest BCUT2D eigenvalue weighted by atomic mass is 32.2. The highest BCUT2D eigenvalue weighted by Crippen LogP contribution is 2.22. The van der Waals surface area contributed by atoms with Crippen molar-refractivity contribution < 1.29 is 17.6 Å². The van der Waals surface area contributed by atoms with E-state index in [1.165, 1.54) is 38.1 Å². The van der Waals surface area contributed by atoms with Gasteiger partial charge in [-0.15, -0.1) is 0 Å². The molecule has 0 heterocycles. The molecule has 0 saturated heterocycles. The van der Waals surface area contributed by atoms with Crippen molar-refractivity contribution in [3.05, 3.63) is 54.1 Å². The Morgan fingerprint density at radius 3 is 2.04 bits per heavy atom. The smallest absolute Gasteiger partial charge is 0.261 e. The molecule has 0 aromatic heterocycles. The number of sulfonamides is 1. The summed E-state index contributed by atoms with van der Waals surface area (Å²) >= 11 is 0. The third-order valence-corrected chi connectivity index (χ3v) is 5.07. The summed E-state index contributed by atoms with van der Waals surface area (Å²) in [6.07, 6.45) is 0. The fraction of sp³-hybridized carbons (Fsp3) is 0.278. The van der Waals surface area contributed by atoms with Crippen molar-refractivity contribution in [2.45, 2.75) is 25.7 Å². The van der Waals surface area contributed by atoms with Crippen LogP contribution in [-0.4, -0.2) is 21.0 Å². The van der Waals surface area contributed by atoms with Gasteiger partial charge in [0.1, 0.15) is 6.67 Å². The molecular formula is C18H21FN2O3S. The van der Waals surface area contributed by atoms with Gasteiger partial charge in [0.25, 0.3) is 10.0 Å². The first kappa shape index (κ1) is 18.9. The van der Waals surface area contributed by atoms with Crippen LogP contribution in [0.15, 0.2) is 53.4 Å². The number of carbonyl (C=O) groups is 1. The Kier molecular flexibility index (Phi) is 5.47. The molecular weight excluding hydrogens is 343 g/mol. The summed E-state index contributed by atoms with van der Waals surface area (Å²) in [4.78, 5) is 12.1. The molecule has 0 fully saturated rings. The van der Waals surface area contributed by atoms with Gasteiger partial charge < -0.3 is 5.32 Å². The molecule has 7 heteroatoms. The number of rotatable bonds is 6. The maximum atomic E-state index is 12.8. The van der Waals surface area contributed by atoms with E-state index in [0.717, 1.165) is 5.56 Å². The number of amides is 1. The number of alkyl halides is 1. The number of benzene rings is 2. The van der Waals surface area contributed by atoms with E-state index >= 15 is 0 Å². The van der Waals surface area contributed by atoms with E-state index in [2.05, 4.69) is 10.0 Å². The first-order chi connectivity index (χ1) is 11.6. The summed E-state index contributed by atoms with van der Waals surface area (Å²) in [6, 6.07) is 12.7. The number of hydrogen-bond acceptors (Lipinski definition) is 3. The zero-order valence-corrected chi connectivity index (χ0v) is 15.2. The maximum Gasteiger partial charge on any atom is 0.261 e. The van der Waals surface area contributed by atoms with Gasteiger partial charge in [0, 0.05) is 11.4 Å². The Morgan fingerprint density at radius 1 is 1.00 bits per heavy atom. The Morgan fingerprint density at radius 2 is 1.52 bits per heavy atom. The molecule has 0 saturated carbocycles. The van der Waals surface area contributed by atoms with Gasteiger partial charge in [0.05, 0.1) is 10.3 Å². The lowest BCUT2D eigenvalue weighted by molar-refractivity contribution is -0.124. The average Bonchev–Trinajstić information content (AvgIpc) is 2.56. The van der Waals surface area contributed by atoms with E-state index in [1.807, 2.05) is 6.92 Å². The summed E-state index contributed by atoms with van der Waals surface area (Å²) in [5, 5.41) is 2.60. The van der Waals surface area contributed by atoms with Crippen LogP contribution in [0.1, 0.15) is 19.4 Å². The number of nitrogens with one attached hydrogen (secondary N) is 2. The van der Waals surface area contributed by atoms with Gasteiger partial charge in [-0.05, 0) is 57.2 Å². The minimum Gasteiger partial charge on any atom is -0.326 e. The Balaban J connectivity index is 2.10. The standard InChI is InChI=1S/C18H21FN2O3S/c1-13-4-10-16(11-5-13)25(23,24)21-15-8-6-14(7-9-15)20-17(22)18(2,3)12-19/h4-11,21H,12H2,1-3H3,(H,20,22). The van der Waals surface area contributed by atoms with Gasteiger partial charge in [-0.3, -0.25) is 9.52 Å². The van der Waals surface area contributed by atoms with Crippen LogP contribution in [0.4, 0.5) is 15.8 Å². The highest BCUT2D eigenvalue weighted by molar-refractivity contribution is 7.92. The fourth-order valence-corrected chi connectivity index (χ4v) is 2.97. The molecule has 2 aromatic rings. The van der Waals surface area contributed by atoms with Crippen molar-refractivity contribution in [2.24, 2.45) is 5.41 Å². The molecule has 2 rings (SSSR count). The van der Waals surface area contributed by atoms with E-state index in [1.54, 1.807) is 24.3 Å². The fourth-order valence-electron chi connectivity index (χ4n) is 1.91. The third-order valence-electron chi connectivity index (χ3n) is 3.68. The molecule has 1 amide bonds. The van der Waals surface area contributed by atoms with Gasteiger partial charge in [-0.25, -0.2) is 12.8 Å². The minimum atomic E-state index is -3.68. The summed E-state index contributed by atoms with van der Waals surface area (Å²) in [6.45, 7) is 4.12. The largest absolute Gasteiger partial charge is 0.326 e. The molecule has 0 aliphatic carbocycles. The minimum absolute atomic E-state index is 0.167. The number of hydrogen-bond donors (Lipinski definition) is 2. The van der Waals surface area contributed by atoms with E-state index in [9.17, 15) is 17.6 Å². The topological polar surface area (TPSA) is 75.3 Å². The molecule has 5 nitrogen and oxygen atoms in total. The molecule has 25 heavy (non-hydrogen) atoms. The van der Waals surface area contributed by atoms with Gasteiger partial charge >= 0.3 is 0 Å². The molecule has 134 valence electrons. The summed E-state index contributed by atoms with van der Waals surface area (Å²) < 4.78 is 39.9. The lowest BCUT2D eigenvalue weighted by Gasteiger charge is -2.19. The molecule has 0 radical (unpaired) electrons. The number of carbonyl (C=O) groups excluding carboxylic acids is 1. The first-order valence-electron chi connectivity index (χ1n) is 7.71. The molecule has 2 N–H and O–H groups in total. The quantitative estimate of drug-likeness (QED) is 0.820. The van der Waals surface area contributed by atoms with Crippen molar-refractivity contribution >= 4 is 27.3 Å². The summed E-state index contributed by atoms with van der Waals surface area (Å²) in [7, 11) is -3.68. The van der Waals surface area contributed by atoms with Crippen molar-refractivity contribution in [2.75, 3.05) is 16.7 Å². The van der Waals surface area contributed by atoms with Crippen molar-refractivity contribution in [1.82, 2.24) is 0 Å². The van der Waals surface area contributed by atoms with E-state index in [0.29, 0.717) is 11.4 Å². The van der Waals surface area contributed by atoms with Crippen LogP contribution in [0.3, 0.4) is 0 Å². The summed E-state index contributed by atoms with van der Waals surface area (Å²) in [5.74, 6) is -0.442. The average molecular weight is 364 g/mol. The second-order valence-corrected chi connectivity index (χ2v) is 8.15. The summed E-state index contributed by atoms with van der Waals surface area (Å²) in [5.41, 5.74) is 0.675. The molecule has 0 spiro atoms. The second kappa shape index (κ2) is 7.23. The van der Waals surface area contributed by atoms with Gasteiger partial charge in [0.15, 0.2) is 0 Å². The normalized spacial score (nSPS) is 11.8. The van der Waals surface area contributed by atoms with Crippen molar-refractivity contribution in [1.29, 1.82) is 0 Å². The van der Waals surface area contributed by atoms with Crippen molar-refractivity contribution in [3.63, 3.8) is 0 Å². The van der Waals surface area contributed by atoms with Crippen LogP contribution in [0.25, 0.3) is 0 Å². The van der Waals surface area contributed by atoms with E-state index < -0.39 is 28.0 Å². The zero-order valence-electron chi connectivity index (χ0n) is 14.3. The molecule has 0 bridgehead atoms. The van der Waals surface area contributed by atoms with Gasteiger partial charge in [0.2, 0.25) is 5.91 Å². The molecule has 0 aliphatic heterocycles. The Hall–Kier alpha value is -2.41. The predicted molar refractivity (Wildman–Crippen MR) is 96.8 cm³/mol.